The number of carbonyl (C=O) groups excluding carboxylic acids is 1. The van der Waals surface area contributed by atoms with Crippen LogP contribution in [0.2, 0.25) is 0 Å². The van der Waals surface area contributed by atoms with Crippen LogP contribution in [0.15, 0.2) is 22.7 Å². The Morgan fingerprint density at radius 2 is 2.10 bits per heavy atom. The highest BCUT2D eigenvalue weighted by atomic mass is 79.9. The zero-order valence-electron chi connectivity index (χ0n) is 12.2. The highest BCUT2D eigenvalue weighted by Gasteiger charge is 2.33. The maximum atomic E-state index is 12.0. The van der Waals surface area contributed by atoms with Gasteiger partial charge in [0.2, 0.25) is 0 Å². The fourth-order valence-electron chi connectivity index (χ4n) is 1.85. The number of benzene rings is 1. The van der Waals surface area contributed by atoms with E-state index in [1.54, 1.807) is 18.2 Å². The van der Waals surface area contributed by atoms with Crippen LogP contribution < -0.4 is 15.4 Å². The number of carboxylic acids is 1. The van der Waals surface area contributed by atoms with Crippen LogP contribution in [-0.4, -0.2) is 29.8 Å². The molecule has 0 aliphatic rings. The van der Waals surface area contributed by atoms with Crippen LogP contribution in [0.25, 0.3) is 0 Å². The van der Waals surface area contributed by atoms with Gasteiger partial charge in [-0.3, -0.25) is 0 Å². The Labute approximate surface area is 132 Å². The van der Waals surface area contributed by atoms with E-state index in [0.717, 1.165) is 0 Å². The lowest BCUT2D eigenvalue weighted by Gasteiger charge is -2.26. The molecule has 0 bridgehead atoms. The van der Waals surface area contributed by atoms with E-state index in [-0.39, 0.29) is 0 Å². The number of nitrogens with one attached hydrogen (secondary N) is 2. The number of amides is 2. The summed E-state index contributed by atoms with van der Waals surface area (Å²) in [4.78, 5) is 23.3. The van der Waals surface area contributed by atoms with Crippen molar-refractivity contribution in [1.82, 2.24) is 5.32 Å². The minimum atomic E-state index is -1.30. The molecule has 1 unspecified atom stereocenters. The number of anilines is 1. The first-order valence-electron chi connectivity index (χ1n) is 6.48. The summed E-state index contributed by atoms with van der Waals surface area (Å²) in [6.45, 7) is 3.35. The van der Waals surface area contributed by atoms with Gasteiger partial charge in [-0.2, -0.15) is 0 Å². The number of halogens is 1. The Hall–Kier alpha value is -1.76. The number of rotatable bonds is 6. The van der Waals surface area contributed by atoms with Crippen LogP contribution in [0.4, 0.5) is 10.5 Å². The van der Waals surface area contributed by atoms with E-state index in [1.807, 2.05) is 6.92 Å². The molecule has 0 saturated carbocycles. The summed E-state index contributed by atoms with van der Waals surface area (Å²) in [5, 5.41) is 14.4. The molecule has 2 amide bonds. The predicted octanol–water partition coefficient (Wildman–Crippen LogP) is 3.22. The summed E-state index contributed by atoms with van der Waals surface area (Å²) in [5.41, 5.74) is -0.805. The van der Waals surface area contributed by atoms with Crippen molar-refractivity contribution >= 4 is 33.6 Å². The second-order valence-corrected chi connectivity index (χ2v) is 5.67. The van der Waals surface area contributed by atoms with Gasteiger partial charge in [-0.05, 0) is 41.4 Å². The van der Waals surface area contributed by atoms with E-state index < -0.39 is 17.5 Å². The van der Waals surface area contributed by atoms with Gasteiger partial charge < -0.3 is 20.5 Å². The van der Waals surface area contributed by atoms with Crippen molar-refractivity contribution in [2.75, 3.05) is 12.4 Å². The number of aliphatic carboxylic acids is 1. The van der Waals surface area contributed by atoms with Crippen LogP contribution in [0.5, 0.6) is 5.75 Å². The Kier molecular flexibility index (Phi) is 6.02. The molecule has 0 aromatic heterocycles. The van der Waals surface area contributed by atoms with Gasteiger partial charge in [0, 0.05) is 10.5 Å². The normalized spacial score (nSPS) is 13.1. The zero-order chi connectivity index (χ0) is 16.0. The monoisotopic (exact) mass is 358 g/mol. The Morgan fingerprint density at radius 1 is 1.43 bits per heavy atom. The van der Waals surface area contributed by atoms with Crippen molar-refractivity contribution in [1.29, 1.82) is 0 Å². The molecule has 6 nitrogen and oxygen atoms in total. The van der Waals surface area contributed by atoms with Crippen LogP contribution in [-0.2, 0) is 4.79 Å². The van der Waals surface area contributed by atoms with Crippen molar-refractivity contribution in [2.45, 2.75) is 32.2 Å². The molecular formula is C14H19BrN2O4. The quantitative estimate of drug-likeness (QED) is 0.728. The Balaban J connectivity index is 2.84. The third kappa shape index (κ3) is 4.63. The molecule has 116 valence electrons. The molecule has 0 fully saturated rings. The standard InChI is InChI=1S/C14H19BrN2O4/c1-4-7-14(2,12(18)19)17-13(20)16-11-8-9(21-3)5-6-10(11)15/h5-6,8H,4,7H2,1-3H3,(H,18,19)(H2,16,17,20). The molecular weight excluding hydrogens is 340 g/mol. The van der Waals surface area contributed by atoms with E-state index in [9.17, 15) is 14.7 Å². The van der Waals surface area contributed by atoms with Crippen LogP contribution in [0.3, 0.4) is 0 Å². The lowest BCUT2D eigenvalue weighted by Crippen LogP contribution is -2.53. The molecule has 1 rings (SSSR count). The molecule has 3 N–H and O–H groups in total. The Bertz CT molecular complexity index is 536. The second-order valence-electron chi connectivity index (χ2n) is 4.81. The largest absolute Gasteiger partial charge is 0.497 e. The van der Waals surface area contributed by atoms with E-state index in [1.165, 1.54) is 14.0 Å². The molecule has 1 aromatic carbocycles. The fourth-order valence-corrected chi connectivity index (χ4v) is 2.20. The van der Waals surface area contributed by atoms with Crippen molar-refractivity contribution in [3.05, 3.63) is 22.7 Å². The van der Waals surface area contributed by atoms with E-state index >= 15 is 0 Å². The molecule has 21 heavy (non-hydrogen) atoms. The van der Waals surface area contributed by atoms with Crippen molar-refractivity contribution in [2.24, 2.45) is 0 Å². The lowest BCUT2D eigenvalue weighted by molar-refractivity contribution is -0.143. The molecule has 0 radical (unpaired) electrons. The average molecular weight is 359 g/mol. The maximum Gasteiger partial charge on any atom is 0.329 e. The number of carbonyl (C=O) groups is 2. The van der Waals surface area contributed by atoms with Gasteiger partial charge in [-0.1, -0.05) is 13.3 Å². The smallest absolute Gasteiger partial charge is 0.329 e. The first-order chi connectivity index (χ1) is 9.82. The molecule has 7 heteroatoms. The molecule has 0 spiro atoms. The summed E-state index contributed by atoms with van der Waals surface area (Å²) in [7, 11) is 1.52. The van der Waals surface area contributed by atoms with Gasteiger partial charge >= 0.3 is 12.0 Å². The highest BCUT2D eigenvalue weighted by molar-refractivity contribution is 9.10. The van der Waals surface area contributed by atoms with Crippen molar-refractivity contribution in [3.63, 3.8) is 0 Å². The number of carboxylic acid groups (broad SMARTS) is 1. The SMILES string of the molecule is CCCC(C)(NC(=O)Nc1cc(OC)ccc1Br)C(=O)O. The van der Waals surface area contributed by atoms with Gasteiger partial charge in [0.25, 0.3) is 0 Å². The summed E-state index contributed by atoms with van der Waals surface area (Å²) < 4.78 is 5.75. The van der Waals surface area contributed by atoms with Crippen LogP contribution in [0.1, 0.15) is 26.7 Å². The van der Waals surface area contributed by atoms with Crippen LogP contribution in [0, 0.1) is 0 Å². The predicted molar refractivity (Wildman–Crippen MR) is 83.8 cm³/mol. The summed E-state index contributed by atoms with van der Waals surface area (Å²) in [5.74, 6) is -0.479. The lowest BCUT2D eigenvalue weighted by atomic mass is 9.97. The summed E-state index contributed by atoms with van der Waals surface area (Å²) in [6.07, 6.45) is 0.987. The molecule has 0 heterocycles. The number of hydrogen-bond donors (Lipinski definition) is 3. The summed E-state index contributed by atoms with van der Waals surface area (Å²) >= 11 is 3.31. The first kappa shape index (κ1) is 17.3. The average Bonchev–Trinajstić information content (AvgIpc) is 2.41. The van der Waals surface area contributed by atoms with Gasteiger partial charge in [-0.15, -0.1) is 0 Å². The highest BCUT2D eigenvalue weighted by Crippen LogP contribution is 2.27. The minimum Gasteiger partial charge on any atom is -0.497 e. The van der Waals surface area contributed by atoms with Crippen LogP contribution >= 0.6 is 15.9 Å². The van der Waals surface area contributed by atoms with E-state index in [4.69, 9.17) is 4.74 Å². The third-order valence-electron chi connectivity index (χ3n) is 3.03. The molecule has 0 aliphatic heterocycles. The molecule has 1 aromatic rings. The van der Waals surface area contributed by atoms with E-state index in [0.29, 0.717) is 28.8 Å². The number of ether oxygens (including phenoxy) is 1. The first-order valence-corrected chi connectivity index (χ1v) is 7.27. The maximum absolute atomic E-state index is 12.0. The number of methoxy groups -OCH3 is 1. The topological polar surface area (TPSA) is 87.7 Å². The third-order valence-corrected chi connectivity index (χ3v) is 3.72. The zero-order valence-corrected chi connectivity index (χ0v) is 13.8. The van der Waals surface area contributed by atoms with Gasteiger partial charge in [-0.25, -0.2) is 9.59 Å². The van der Waals surface area contributed by atoms with Gasteiger partial charge in [0.1, 0.15) is 11.3 Å². The van der Waals surface area contributed by atoms with E-state index in [2.05, 4.69) is 26.6 Å². The molecule has 0 aliphatic carbocycles. The Morgan fingerprint density at radius 3 is 2.62 bits per heavy atom. The minimum absolute atomic E-state index is 0.342. The van der Waals surface area contributed by atoms with Crippen molar-refractivity contribution in [3.8, 4) is 5.75 Å². The van der Waals surface area contributed by atoms with Crippen molar-refractivity contribution < 1.29 is 19.4 Å². The van der Waals surface area contributed by atoms with Gasteiger partial charge in [0.05, 0.1) is 12.8 Å². The second kappa shape index (κ2) is 7.31. The van der Waals surface area contributed by atoms with Gasteiger partial charge in [0.15, 0.2) is 0 Å². The summed E-state index contributed by atoms with van der Waals surface area (Å²) in [6, 6.07) is 4.53. The number of urea groups is 1. The molecule has 0 saturated heterocycles. The number of hydrogen-bond acceptors (Lipinski definition) is 3. The fraction of sp³-hybridized carbons (Fsp3) is 0.429. The molecule has 1 atom stereocenters.